The van der Waals surface area contributed by atoms with Crippen LogP contribution in [0.5, 0.6) is 5.75 Å². The van der Waals surface area contributed by atoms with Gasteiger partial charge in [-0.3, -0.25) is 0 Å². The molecule has 0 bridgehead atoms. The minimum absolute atomic E-state index is 0.0689. The Balaban J connectivity index is 2.12. The average Bonchev–Trinajstić information content (AvgIpc) is 2.38. The van der Waals surface area contributed by atoms with E-state index in [1.54, 1.807) is 18.2 Å². The molecule has 0 heterocycles. The molecule has 4 heteroatoms. The topological polar surface area (TPSA) is 35.2 Å². The third-order valence-electron chi connectivity index (χ3n) is 2.83. The number of benzene rings is 2. The Morgan fingerprint density at radius 3 is 2.68 bits per heavy atom. The average molecular weight is 280 g/mol. The predicted octanol–water partition coefficient (Wildman–Crippen LogP) is 4.08. The highest BCUT2D eigenvalue weighted by Gasteiger charge is 2.08. The minimum Gasteiger partial charge on any atom is -0.489 e. The highest BCUT2D eigenvalue weighted by molar-refractivity contribution is 6.31. The number of rotatable bonds is 4. The van der Waals surface area contributed by atoms with E-state index in [0.717, 1.165) is 5.56 Å². The fourth-order valence-electron chi connectivity index (χ4n) is 1.71. The Labute approximate surface area is 117 Å². The third-order valence-corrected chi connectivity index (χ3v) is 3.18. The fourth-order valence-corrected chi connectivity index (χ4v) is 1.93. The van der Waals surface area contributed by atoms with Gasteiger partial charge in [0.2, 0.25) is 0 Å². The molecule has 0 spiro atoms. The van der Waals surface area contributed by atoms with Crippen molar-refractivity contribution in [1.29, 1.82) is 0 Å². The van der Waals surface area contributed by atoms with E-state index in [2.05, 4.69) is 0 Å². The maximum Gasteiger partial charge on any atom is 0.131 e. The molecular weight excluding hydrogens is 265 g/mol. The molecular formula is C15H15ClFNO. The first-order chi connectivity index (χ1) is 9.08. The van der Waals surface area contributed by atoms with Gasteiger partial charge in [-0.1, -0.05) is 29.8 Å². The van der Waals surface area contributed by atoms with Gasteiger partial charge in [0.1, 0.15) is 18.2 Å². The summed E-state index contributed by atoms with van der Waals surface area (Å²) in [5.74, 6) is 0.282. The second-order valence-corrected chi connectivity index (χ2v) is 4.76. The first kappa shape index (κ1) is 13.8. The number of nitrogens with two attached hydrogens (primary N) is 1. The van der Waals surface area contributed by atoms with E-state index >= 15 is 0 Å². The van der Waals surface area contributed by atoms with E-state index in [0.29, 0.717) is 16.3 Å². The van der Waals surface area contributed by atoms with Crippen LogP contribution in [0.25, 0.3) is 0 Å². The lowest BCUT2D eigenvalue weighted by Crippen LogP contribution is -2.05. The van der Waals surface area contributed by atoms with Crippen molar-refractivity contribution in [3.63, 3.8) is 0 Å². The zero-order valence-electron chi connectivity index (χ0n) is 10.6. The van der Waals surface area contributed by atoms with Crippen molar-refractivity contribution < 1.29 is 9.13 Å². The molecule has 0 saturated heterocycles. The van der Waals surface area contributed by atoms with Crippen LogP contribution in [0.1, 0.15) is 24.1 Å². The van der Waals surface area contributed by atoms with Crippen molar-refractivity contribution in [2.24, 2.45) is 5.73 Å². The predicted molar refractivity (Wildman–Crippen MR) is 74.8 cm³/mol. The van der Waals surface area contributed by atoms with E-state index in [1.807, 2.05) is 25.1 Å². The summed E-state index contributed by atoms with van der Waals surface area (Å²) in [5.41, 5.74) is 7.13. The van der Waals surface area contributed by atoms with Crippen molar-refractivity contribution >= 4 is 11.6 Å². The van der Waals surface area contributed by atoms with E-state index < -0.39 is 0 Å². The lowest BCUT2D eigenvalue weighted by atomic mass is 10.1. The molecule has 2 aromatic carbocycles. The Morgan fingerprint density at radius 2 is 2.00 bits per heavy atom. The van der Waals surface area contributed by atoms with Gasteiger partial charge in [-0.2, -0.15) is 0 Å². The van der Waals surface area contributed by atoms with Gasteiger partial charge in [0.15, 0.2) is 0 Å². The Morgan fingerprint density at radius 1 is 1.26 bits per heavy atom. The molecule has 0 amide bonds. The maximum absolute atomic E-state index is 13.6. The van der Waals surface area contributed by atoms with Crippen molar-refractivity contribution in [3.05, 3.63) is 64.4 Å². The van der Waals surface area contributed by atoms with Gasteiger partial charge in [-0.15, -0.1) is 0 Å². The van der Waals surface area contributed by atoms with Crippen LogP contribution in [-0.4, -0.2) is 0 Å². The van der Waals surface area contributed by atoms with Crippen LogP contribution in [0.2, 0.25) is 5.02 Å². The quantitative estimate of drug-likeness (QED) is 0.915. The van der Waals surface area contributed by atoms with E-state index in [4.69, 9.17) is 22.1 Å². The van der Waals surface area contributed by atoms with Gasteiger partial charge in [0, 0.05) is 11.6 Å². The lowest BCUT2D eigenvalue weighted by molar-refractivity contribution is 0.299. The minimum atomic E-state index is -0.365. The van der Waals surface area contributed by atoms with Gasteiger partial charge in [0.25, 0.3) is 0 Å². The summed E-state index contributed by atoms with van der Waals surface area (Å²) in [5, 5.41) is 0.364. The monoisotopic (exact) mass is 279 g/mol. The summed E-state index contributed by atoms with van der Waals surface area (Å²) in [7, 11) is 0. The Bertz CT molecular complexity index is 552. The molecule has 0 aliphatic heterocycles. The third kappa shape index (κ3) is 3.46. The van der Waals surface area contributed by atoms with Crippen LogP contribution in [0.3, 0.4) is 0 Å². The highest BCUT2D eigenvalue weighted by atomic mass is 35.5. The standard InChI is InChI=1S/C15H15ClFNO/c1-10(18)11-4-2-5-12(8-11)19-9-13-14(16)6-3-7-15(13)17/h2-8,10H,9,18H2,1H3/t10-/m0/s1. The first-order valence-corrected chi connectivity index (χ1v) is 6.37. The van der Waals surface area contributed by atoms with E-state index in [9.17, 15) is 4.39 Å². The largest absolute Gasteiger partial charge is 0.489 e. The SMILES string of the molecule is C[C@H](N)c1cccc(OCc2c(F)cccc2Cl)c1. The van der Waals surface area contributed by atoms with Crippen molar-refractivity contribution in [2.75, 3.05) is 0 Å². The molecule has 1 atom stereocenters. The smallest absolute Gasteiger partial charge is 0.131 e. The zero-order valence-corrected chi connectivity index (χ0v) is 11.3. The highest BCUT2D eigenvalue weighted by Crippen LogP contribution is 2.23. The molecule has 2 nitrogen and oxygen atoms in total. The van der Waals surface area contributed by atoms with Crippen LogP contribution in [0, 0.1) is 5.82 Å². The number of hydrogen-bond acceptors (Lipinski definition) is 2. The second kappa shape index (κ2) is 6.04. The van der Waals surface area contributed by atoms with Gasteiger partial charge >= 0.3 is 0 Å². The molecule has 0 unspecified atom stereocenters. The molecule has 0 saturated carbocycles. The number of halogens is 2. The summed E-state index contributed by atoms with van der Waals surface area (Å²) in [6.07, 6.45) is 0. The van der Waals surface area contributed by atoms with E-state index in [-0.39, 0.29) is 18.5 Å². The van der Waals surface area contributed by atoms with Crippen LogP contribution < -0.4 is 10.5 Å². The van der Waals surface area contributed by atoms with Crippen LogP contribution in [-0.2, 0) is 6.61 Å². The first-order valence-electron chi connectivity index (χ1n) is 5.99. The Kier molecular flexibility index (Phi) is 4.40. The zero-order chi connectivity index (χ0) is 13.8. The molecule has 2 N–H and O–H groups in total. The molecule has 19 heavy (non-hydrogen) atoms. The second-order valence-electron chi connectivity index (χ2n) is 4.35. The van der Waals surface area contributed by atoms with E-state index in [1.165, 1.54) is 6.07 Å². The number of ether oxygens (including phenoxy) is 1. The molecule has 2 rings (SSSR count). The van der Waals surface area contributed by atoms with Crippen LogP contribution >= 0.6 is 11.6 Å². The Hall–Kier alpha value is -1.58. The maximum atomic E-state index is 13.6. The molecule has 2 aromatic rings. The van der Waals surface area contributed by atoms with Crippen LogP contribution in [0.15, 0.2) is 42.5 Å². The van der Waals surface area contributed by atoms with Gasteiger partial charge in [-0.25, -0.2) is 4.39 Å². The number of hydrogen-bond donors (Lipinski definition) is 1. The molecule has 0 aliphatic rings. The van der Waals surface area contributed by atoms with Gasteiger partial charge in [0.05, 0.1) is 5.02 Å². The van der Waals surface area contributed by atoms with Gasteiger partial charge in [-0.05, 0) is 36.8 Å². The fraction of sp³-hybridized carbons (Fsp3) is 0.200. The summed E-state index contributed by atoms with van der Waals surface area (Å²) < 4.78 is 19.1. The summed E-state index contributed by atoms with van der Waals surface area (Å²) in [4.78, 5) is 0. The van der Waals surface area contributed by atoms with Crippen molar-refractivity contribution in [1.82, 2.24) is 0 Å². The molecule has 0 radical (unpaired) electrons. The molecule has 0 aromatic heterocycles. The molecule has 0 aliphatic carbocycles. The lowest BCUT2D eigenvalue weighted by Gasteiger charge is -2.11. The normalized spacial score (nSPS) is 12.2. The molecule has 100 valence electrons. The molecule has 0 fully saturated rings. The summed E-state index contributed by atoms with van der Waals surface area (Å²) in [6, 6.07) is 11.9. The van der Waals surface area contributed by atoms with Crippen molar-refractivity contribution in [2.45, 2.75) is 19.6 Å². The van der Waals surface area contributed by atoms with Crippen LogP contribution in [0.4, 0.5) is 4.39 Å². The van der Waals surface area contributed by atoms with Crippen molar-refractivity contribution in [3.8, 4) is 5.75 Å². The summed E-state index contributed by atoms with van der Waals surface area (Å²) in [6.45, 7) is 1.99. The van der Waals surface area contributed by atoms with Gasteiger partial charge < -0.3 is 10.5 Å². The summed E-state index contributed by atoms with van der Waals surface area (Å²) >= 11 is 5.94.